The highest BCUT2D eigenvalue weighted by atomic mass is 32.2. The van der Waals surface area contributed by atoms with Crippen molar-refractivity contribution in [3.05, 3.63) is 79.1 Å². The molecule has 2 nitrogen and oxygen atoms in total. The van der Waals surface area contributed by atoms with Gasteiger partial charge in [0.1, 0.15) is 5.82 Å². The van der Waals surface area contributed by atoms with Crippen LogP contribution in [0.2, 0.25) is 0 Å². The van der Waals surface area contributed by atoms with Gasteiger partial charge in [0.05, 0.1) is 5.69 Å². The molecule has 0 saturated heterocycles. The number of benzene rings is 2. The lowest BCUT2D eigenvalue weighted by atomic mass is 10.1. The molecule has 1 unspecified atom stereocenters. The topological polar surface area (TPSA) is 22.0 Å². The third-order valence-electron chi connectivity index (χ3n) is 3.74. The molecular weight excluding hydrogens is 309 g/mol. The van der Waals surface area contributed by atoms with Crippen LogP contribution in [0.4, 0.5) is 4.39 Å². The lowest BCUT2D eigenvalue weighted by Gasteiger charge is -2.14. The van der Waals surface area contributed by atoms with Crippen LogP contribution in [0, 0.1) is 12.7 Å². The molecule has 3 rings (SSSR count). The molecule has 1 atom stereocenters. The molecule has 4 heteroatoms. The molecule has 0 aliphatic heterocycles. The molecule has 0 spiro atoms. The molecular formula is C19H16FNOS. The van der Waals surface area contributed by atoms with Crippen LogP contribution in [0.1, 0.15) is 5.69 Å². The molecule has 2 radical (unpaired) electrons. The maximum Gasteiger partial charge on any atom is 0.123 e. The van der Waals surface area contributed by atoms with Crippen LogP contribution in [0.3, 0.4) is 0 Å². The largest absolute Gasteiger partial charge is 0.314 e. The highest BCUT2D eigenvalue weighted by Crippen LogP contribution is 2.27. The molecule has 0 saturated carbocycles. The van der Waals surface area contributed by atoms with Crippen molar-refractivity contribution in [3.8, 4) is 16.9 Å². The Balaban J connectivity index is 2.12. The third-order valence-corrected chi connectivity index (χ3v) is 4.67. The van der Waals surface area contributed by atoms with E-state index in [2.05, 4.69) is 0 Å². The fourth-order valence-electron chi connectivity index (χ4n) is 2.58. The minimum atomic E-state index is -1.01. The second-order valence-corrected chi connectivity index (χ2v) is 6.58. The zero-order valence-electron chi connectivity index (χ0n) is 12.7. The number of rotatable bonds is 4. The molecule has 0 aliphatic rings. The van der Waals surface area contributed by atoms with E-state index >= 15 is 0 Å². The van der Waals surface area contributed by atoms with Crippen molar-refractivity contribution >= 4 is 10.8 Å². The Bertz CT molecular complexity index is 835. The predicted molar refractivity (Wildman–Crippen MR) is 91.5 cm³/mol. The molecule has 0 aliphatic carbocycles. The van der Waals surface area contributed by atoms with Gasteiger partial charge in [0.25, 0.3) is 0 Å². The van der Waals surface area contributed by atoms with Crippen LogP contribution in [-0.4, -0.2) is 15.0 Å². The van der Waals surface area contributed by atoms with Crippen molar-refractivity contribution in [1.82, 2.24) is 4.57 Å². The summed E-state index contributed by atoms with van der Waals surface area (Å²) in [6.07, 6.45) is 2.04. The molecule has 0 amide bonds. The molecule has 0 fully saturated rings. The van der Waals surface area contributed by atoms with Gasteiger partial charge in [0.15, 0.2) is 0 Å². The van der Waals surface area contributed by atoms with E-state index in [-0.39, 0.29) is 5.82 Å². The van der Waals surface area contributed by atoms with Crippen LogP contribution < -0.4 is 0 Å². The van der Waals surface area contributed by atoms with Gasteiger partial charge in [-0.25, -0.2) is 4.39 Å². The Morgan fingerprint density at radius 3 is 2.22 bits per heavy atom. The number of aromatic nitrogens is 1. The monoisotopic (exact) mass is 325 g/mol. The summed E-state index contributed by atoms with van der Waals surface area (Å²) >= 11 is 0. The first-order chi connectivity index (χ1) is 11.1. The van der Waals surface area contributed by atoms with E-state index in [0.717, 1.165) is 27.5 Å². The highest BCUT2D eigenvalue weighted by molar-refractivity contribution is 7.84. The zero-order chi connectivity index (χ0) is 16.4. The maximum atomic E-state index is 13.2. The van der Waals surface area contributed by atoms with Crippen LogP contribution in [0.5, 0.6) is 0 Å². The summed E-state index contributed by atoms with van der Waals surface area (Å²) in [5.74, 6) is -0.263. The van der Waals surface area contributed by atoms with Gasteiger partial charge in [0, 0.05) is 33.3 Å². The van der Waals surface area contributed by atoms with Crippen molar-refractivity contribution in [3.63, 3.8) is 0 Å². The summed E-state index contributed by atoms with van der Waals surface area (Å²) in [5, 5.41) is 0. The van der Waals surface area contributed by atoms with E-state index in [1.54, 1.807) is 18.4 Å². The zero-order valence-corrected chi connectivity index (χ0v) is 13.5. The highest BCUT2D eigenvalue weighted by Gasteiger charge is 2.11. The normalized spacial score (nSPS) is 12.3. The van der Waals surface area contributed by atoms with Crippen molar-refractivity contribution in [2.45, 2.75) is 11.3 Å². The number of hydrogen-bond donors (Lipinski definition) is 0. The Morgan fingerprint density at radius 2 is 1.65 bits per heavy atom. The van der Waals surface area contributed by atoms with Crippen LogP contribution in [-0.2, 0) is 17.2 Å². The average Bonchev–Trinajstić information content (AvgIpc) is 2.99. The lowest BCUT2D eigenvalue weighted by Crippen LogP contribution is -2.02. The van der Waals surface area contributed by atoms with E-state index in [0.29, 0.717) is 6.42 Å². The Kier molecular flexibility index (Phi) is 4.44. The van der Waals surface area contributed by atoms with E-state index in [1.807, 2.05) is 41.0 Å². The van der Waals surface area contributed by atoms with Gasteiger partial charge in [-0.3, -0.25) is 4.21 Å². The van der Waals surface area contributed by atoms with Crippen LogP contribution in [0.25, 0.3) is 16.9 Å². The molecule has 1 heterocycles. The van der Waals surface area contributed by atoms with Gasteiger partial charge in [-0.2, -0.15) is 0 Å². The SMILES string of the molecule is [CH]Cc1ccc(-c2ccc(F)cc2)n1-c1ccc(S(C)=O)cc1. The Hall–Kier alpha value is -2.20. The molecule has 2 aromatic carbocycles. The first kappa shape index (κ1) is 15.7. The Morgan fingerprint density at radius 1 is 1.00 bits per heavy atom. The van der Waals surface area contributed by atoms with Crippen molar-refractivity contribution in [1.29, 1.82) is 0 Å². The van der Waals surface area contributed by atoms with Gasteiger partial charge in [-0.15, -0.1) is 0 Å². The lowest BCUT2D eigenvalue weighted by molar-refractivity contribution is 0.628. The maximum absolute atomic E-state index is 13.2. The van der Waals surface area contributed by atoms with Crippen molar-refractivity contribution < 1.29 is 8.60 Å². The molecule has 0 N–H and O–H groups in total. The fraction of sp³-hybridized carbons (Fsp3) is 0.105. The summed E-state index contributed by atoms with van der Waals surface area (Å²) in [7, 11) is -1.01. The summed E-state index contributed by atoms with van der Waals surface area (Å²) in [6, 6.07) is 17.8. The molecule has 116 valence electrons. The van der Waals surface area contributed by atoms with Gasteiger partial charge in [-0.05, 0) is 79.6 Å². The molecule has 3 aromatic rings. The van der Waals surface area contributed by atoms with Crippen molar-refractivity contribution in [2.75, 3.05) is 6.26 Å². The molecule has 0 bridgehead atoms. The fourth-order valence-corrected chi connectivity index (χ4v) is 3.10. The standard InChI is InChI=1S/C19H16FNOS/c1-3-16-10-13-19(14-4-6-15(20)7-5-14)21(16)17-8-11-18(12-9-17)23(2)22/h1,4-13H,3H2,2H3. The number of halogens is 1. The van der Waals surface area contributed by atoms with E-state index < -0.39 is 10.8 Å². The van der Waals surface area contributed by atoms with Crippen LogP contribution in [0.15, 0.2) is 65.6 Å². The average molecular weight is 325 g/mol. The molecule has 1 aromatic heterocycles. The molecule has 23 heavy (non-hydrogen) atoms. The van der Waals surface area contributed by atoms with Gasteiger partial charge in [0.2, 0.25) is 0 Å². The predicted octanol–water partition coefficient (Wildman–Crippen LogP) is 4.27. The smallest absolute Gasteiger partial charge is 0.123 e. The minimum absolute atomic E-state index is 0.263. The van der Waals surface area contributed by atoms with Gasteiger partial charge < -0.3 is 4.57 Å². The van der Waals surface area contributed by atoms with Crippen LogP contribution >= 0.6 is 0 Å². The van der Waals surface area contributed by atoms with Gasteiger partial charge >= 0.3 is 0 Å². The summed E-state index contributed by atoms with van der Waals surface area (Å²) < 4.78 is 26.7. The van der Waals surface area contributed by atoms with E-state index in [4.69, 9.17) is 6.92 Å². The second-order valence-electron chi connectivity index (χ2n) is 5.20. The summed E-state index contributed by atoms with van der Waals surface area (Å²) in [5.41, 5.74) is 3.74. The van der Waals surface area contributed by atoms with E-state index in [1.165, 1.54) is 12.1 Å². The van der Waals surface area contributed by atoms with Gasteiger partial charge in [-0.1, -0.05) is 0 Å². The van der Waals surface area contributed by atoms with Crippen molar-refractivity contribution in [2.24, 2.45) is 0 Å². The minimum Gasteiger partial charge on any atom is -0.314 e. The number of hydrogen-bond acceptors (Lipinski definition) is 1. The first-order valence-corrected chi connectivity index (χ1v) is 8.76. The first-order valence-electron chi connectivity index (χ1n) is 7.20. The number of nitrogens with zero attached hydrogens (tertiary/aromatic N) is 1. The quantitative estimate of drug-likeness (QED) is 0.702. The second kappa shape index (κ2) is 6.50. The summed E-state index contributed by atoms with van der Waals surface area (Å²) in [4.78, 5) is 0.776. The summed E-state index contributed by atoms with van der Waals surface area (Å²) in [6.45, 7) is 5.85. The van der Waals surface area contributed by atoms with E-state index in [9.17, 15) is 8.60 Å². The third kappa shape index (κ3) is 3.13. The Labute approximate surface area is 138 Å².